The van der Waals surface area contributed by atoms with E-state index in [0.29, 0.717) is 5.11 Å². The second-order valence-corrected chi connectivity index (χ2v) is 7.48. The predicted octanol–water partition coefficient (Wildman–Crippen LogP) is 4.39. The average molecular weight is 405 g/mol. The number of benzene rings is 2. The second kappa shape index (κ2) is 5.63. The van der Waals surface area contributed by atoms with Crippen molar-refractivity contribution >= 4 is 38.9 Å². The van der Waals surface area contributed by atoms with E-state index in [1.165, 1.54) is 0 Å². The van der Waals surface area contributed by atoms with Gasteiger partial charge in [-0.25, -0.2) is 0 Å². The van der Waals surface area contributed by atoms with Crippen molar-refractivity contribution in [2.45, 2.75) is 25.1 Å². The molecule has 0 radical (unpaired) electrons. The van der Waals surface area contributed by atoms with Crippen molar-refractivity contribution in [1.82, 2.24) is 5.32 Å². The van der Waals surface area contributed by atoms with Crippen LogP contribution >= 0.6 is 28.1 Å². The molecule has 4 rings (SSSR count). The molecule has 2 aromatic rings. The molecule has 1 fully saturated rings. The molecule has 124 valence electrons. The molecular formula is C18H17BrN2O2S. The molecule has 2 atom stereocenters. The standard InChI is InChI=1S/C18H17BrN2O2S/c1-18-10-13(12-9-11(19)7-8-15(12)23-18)20-17(24)21(18)14-5-3-4-6-16(14)22-2/h3-9,13H,10H2,1-2H3,(H,20,24). The van der Waals surface area contributed by atoms with Crippen LogP contribution in [0.5, 0.6) is 11.5 Å². The van der Waals surface area contributed by atoms with Crippen LogP contribution in [0.2, 0.25) is 0 Å². The Balaban J connectivity index is 1.82. The van der Waals surface area contributed by atoms with Gasteiger partial charge in [-0.15, -0.1) is 0 Å². The molecule has 2 heterocycles. The zero-order valence-corrected chi connectivity index (χ0v) is 15.8. The molecule has 4 nitrogen and oxygen atoms in total. The number of nitrogens with one attached hydrogen (secondary N) is 1. The van der Waals surface area contributed by atoms with Crippen molar-refractivity contribution in [3.05, 3.63) is 52.5 Å². The third-order valence-corrected chi connectivity index (χ3v) is 5.35. The lowest BCUT2D eigenvalue weighted by molar-refractivity contribution is 0.0493. The van der Waals surface area contributed by atoms with Gasteiger partial charge in [0.1, 0.15) is 11.5 Å². The molecule has 1 N–H and O–H groups in total. The molecule has 0 amide bonds. The van der Waals surface area contributed by atoms with Crippen molar-refractivity contribution in [1.29, 1.82) is 0 Å². The number of nitrogens with zero attached hydrogens (tertiary/aromatic N) is 1. The fourth-order valence-corrected chi connectivity index (χ4v) is 4.34. The predicted molar refractivity (Wildman–Crippen MR) is 102 cm³/mol. The fourth-order valence-electron chi connectivity index (χ4n) is 3.52. The molecule has 1 saturated heterocycles. The van der Waals surface area contributed by atoms with E-state index in [-0.39, 0.29) is 6.04 Å². The molecule has 2 bridgehead atoms. The van der Waals surface area contributed by atoms with E-state index in [2.05, 4.69) is 34.2 Å². The van der Waals surface area contributed by atoms with Gasteiger partial charge in [-0.2, -0.15) is 0 Å². The van der Waals surface area contributed by atoms with Crippen molar-refractivity contribution < 1.29 is 9.47 Å². The largest absolute Gasteiger partial charge is 0.495 e. The lowest BCUT2D eigenvalue weighted by Gasteiger charge is -2.52. The Morgan fingerprint density at radius 2 is 2.12 bits per heavy atom. The number of ether oxygens (including phenoxy) is 2. The summed E-state index contributed by atoms with van der Waals surface area (Å²) in [6.45, 7) is 2.07. The van der Waals surface area contributed by atoms with E-state index < -0.39 is 5.72 Å². The highest BCUT2D eigenvalue weighted by Crippen LogP contribution is 2.47. The SMILES string of the molecule is COc1ccccc1N1C(=S)NC2CC1(C)Oc1ccc(Br)cc12. The summed E-state index contributed by atoms with van der Waals surface area (Å²) in [7, 11) is 1.67. The van der Waals surface area contributed by atoms with Gasteiger partial charge >= 0.3 is 0 Å². The van der Waals surface area contributed by atoms with Crippen LogP contribution in [-0.4, -0.2) is 17.9 Å². The maximum absolute atomic E-state index is 6.40. The number of hydrogen-bond donors (Lipinski definition) is 1. The maximum atomic E-state index is 6.40. The third kappa shape index (κ3) is 2.36. The van der Waals surface area contributed by atoms with Crippen LogP contribution < -0.4 is 19.7 Å². The van der Waals surface area contributed by atoms with Crippen molar-refractivity contribution in [3.63, 3.8) is 0 Å². The van der Waals surface area contributed by atoms with Gasteiger partial charge in [0.25, 0.3) is 0 Å². The Morgan fingerprint density at radius 3 is 2.92 bits per heavy atom. The highest BCUT2D eigenvalue weighted by atomic mass is 79.9. The van der Waals surface area contributed by atoms with Gasteiger partial charge in [0.05, 0.1) is 18.8 Å². The molecule has 2 aliphatic heterocycles. The minimum absolute atomic E-state index is 0.134. The molecule has 24 heavy (non-hydrogen) atoms. The zero-order valence-electron chi connectivity index (χ0n) is 13.4. The van der Waals surface area contributed by atoms with Crippen molar-refractivity contribution in [2.24, 2.45) is 0 Å². The molecule has 2 aromatic carbocycles. The van der Waals surface area contributed by atoms with Crippen LogP contribution in [0, 0.1) is 0 Å². The first-order valence-electron chi connectivity index (χ1n) is 7.74. The minimum atomic E-state index is -0.567. The van der Waals surface area contributed by atoms with E-state index in [9.17, 15) is 0 Å². The summed E-state index contributed by atoms with van der Waals surface area (Å²) in [5.74, 6) is 1.65. The van der Waals surface area contributed by atoms with Crippen LogP contribution in [0.25, 0.3) is 0 Å². The van der Waals surface area contributed by atoms with Crippen LogP contribution in [0.3, 0.4) is 0 Å². The first-order chi connectivity index (χ1) is 11.5. The maximum Gasteiger partial charge on any atom is 0.188 e. The van der Waals surface area contributed by atoms with Crippen molar-refractivity contribution in [2.75, 3.05) is 12.0 Å². The summed E-state index contributed by atoms with van der Waals surface area (Å²) in [6.07, 6.45) is 0.786. The summed E-state index contributed by atoms with van der Waals surface area (Å²) in [5.41, 5.74) is 1.46. The number of anilines is 1. The van der Waals surface area contributed by atoms with Crippen LogP contribution in [0.4, 0.5) is 5.69 Å². The fraction of sp³-hybridized carbons (Fsp3) is 0.278. The van der Waals surface area contributed by atoms with Gasteiger partial charge in [-0.1, -0.05) is 28.1 Å². The number of halogens is 1. The Labute approximate surface area is 154 Å². The topological polar surface area (TPSA) is 33.7 Å². The zero-order chi connectivity index (χ0) is 16.9. The summed E-state index contributed by atoms with van der Waals surface area (Å²) >= 11 is 9.21. The summed E-state index contributed by atoms with van der Waals surface area (Å²) < 4.78 is 13.0. The number of fused-ring (bicyclic) bond motifs is 4. The summed E-state index contributed by atoms with van der Waals surface area (Å²) in [6, 6.07) is 14.1. The van der Waals surface area contributed by atoms with Gasteiger partial charge in [0.15, 0.2) is 10.8 Å². The van der Waals surface area contributed by atoms with E-state index in [1.54, 1.807) is 7.11 Å². The average Bonchev–Trinajstić information content (AvgIpc) is 2.55. The molecule has 2 unspecified atom stereocenters. The monoisotopic (exact) mass is 404 g/mol. The van der Waals surface area contributed by atoms with Gasteiger partial charge in [-0.05, 0) is 49.5 Å². The molecule has 0 saturated carbocycles. The number of para-hydroxylation sites is 2. The summed E-state index contributed by atoms with van der Waals surface area (Å²) in [5, 5.41) is 4.10. The normalized spacial score (nSPS) is 24.7. The Kier molecular flexibility index (Phi) is 3.69. The minimum Gasteiger partial charge on any atom is -0.495 e. The molecule has 0 aromatic heterocycles. The third-order valence-electron chi connectivity index (χ3n) is 4.56. The first-order valence-corrected chi connectivity index (χ1v) is 8.94. The van der Waals surface area contributed by atoms with Gasteiger partial charge in [0.2, 0.25) is 0 Å². The second-order valence-electron chi connectivity index (χ2n) is 6.17. The number of rotatable bonds is 2. The number of hydrogen-bond acceptors (Lipinski definition) is 3. The Morgan fingerprint density at radius 1 is 1.33 bits per heavy atom. The van der Waals surface area contributed by atoms with E-state index in [4.69, 9.17) is 21.7 Å². The van der Waals surface area contributed by atoms with Crippen LogP contribution in [0.15, 0.2) is 46.9 Å². The van der Waals surface area contributed by atoms with Gasteiger partial charge in [-0.3, -0.25) is 4.90 Å². The lowest BCUT2D eigenvalue weighted by atomic mass is 9.90. The summed E-state index contributed by atoms with van der Waals surface area (Å²) in [4.78, 5) is 2.02. The van der Waals surface area contributed by atoms with Crippen LogP contribution in [0.1, 0.15) is 24.9 Å². The quantitative estimate of drug-likeness (QED) is 0.750. The molecule has 0 aliphatic carbocycles. The van der Waals surface area contributed by atoms with Crippen LogP contribution in [-0.2, 0) is 0 Å². The molecular weight excluding hydrogens is 388 g/mol. The van der Waals surface area contributed by atoms with Crippen molar-refractivity contribution in [3.8, 4) is 11.5 Å². The van der Waals surface area contributed by atoms with Gasteiger partial charge < -0.3 is 14.8 Å². The van der Waals surface area contributed by atoms with E-state index in [0.717, 1.165) is 33.6 Å². The lowest BCUT2D eigenvalue weighted by Crippen LogP contribution is -2.65. The Bertz CT molecular complexity index is 828. The molecule has 2 aliphatic rings. The highest BCUT2D eigenvalue weighted by molar-refractivity contribution is 9.10. The number of methoxy groups -OCH3 is 1. The van der Waals surface area contributed by atoms with E-state index >= 15 is 0 Å². The Hall–Kier alpha value is -1.79. The highest BCUT2D eigenvalue weighted by Gasteiger charge is 2.48. The number of thiocarbonyl (C=S) groups is 1. The first kappa shape index (κ1) is 15.7. The smallest absolute Gasteiger partial charge is 0.188 e. The molecule has 0 spiro atoms. The molecule has 6 heteroatoms. The van der Waals surface area contributed by atoms with Gasteiger partial charge in [0, 0.05) is 16.5 Å². The van der Waals surface area contributed by atoms with E-state index in [1.807, 2.05) is 41.3 Å².